The summed E-state index contributed by atoms with van der Waals surface area (Å²) in [6, 6.07) is 11.9. The molecule has 110 valence electrons. The fraction of sp³-hybridized carbons (Fsp3) is 0.0625. The second-order valence-corrected chi connectivity index (χ2v) is 5.64. The van der Waals surface area contributed by atoms with Crippen molar-refractivity contribution < 1.29 is 9.52 Å². The lowest BCUT2D eigenvalue weighted by atomic mass is 10.1. The number of hydrogen-bond donors (Lipinski definition) is 1. The Bertz CT molecular complexity index is 931. The normalized spacial score (nSPS) is 11.4. The Kier molecular flexibility index (Phi) is 3.77. The molecule has 0 aliphatic heterocycles. The molecule has 5 nitrogen and oxygen atoms in total. The number of fused-ring (bicyclic) bond motifs is 1. The maximum Gasteiger partial charge on any atom is 0.364 e. The van der Waals surface area contributed by atoms with Gasteiger partial charge in [-0.25, -0.2) is 4.79 Å². The van der Waals surface area contributed by atoms with E-state index in [1.54, 1.807) is 25.1 Å². The van der Waals surface area contributed by atoms with Gasteiger partial charge in [0.1, 0.15) is 11.3 Å². The summed E-state index contributed by atoms with van der Waals surface area (Å²) < 4.78 is 6.12. The largest absolute Gasteiger partial charge is 0.508 e. The minimum atomic E-state index is -0.587. The molecule has 0 unspecified atom stereocenters. The number of aryl methyl sites for hydroxylation is 1. The zero-order valence-electron chi connectivity index (χ0n) is 11.6. The summed E-state index contributed by atoms with van der Waals surface area (Å²) in [4.78, 5) is 12.0. The van der Waals surface area contributed by atoms with E-state index in [0.29, 0.717) is 22.2 Å². The van der Waals surface area contributed by atoms with Crippen LogP contribution in [0.15, 0.2) is 66.4 Å². The van der Waals surface area contributed by atoms with E-state index in [9.17, 15) is 9.90 Å². The molecule has 0 atom stereocenters. The Labute approximate surface area is 134 Å². The Balaban J connectivity index is 2.09. The number of hydrogen-bond acceptors (Lipinski definition) is 5. The van der Waals surface area contributed by atoms with Gasteiger partial charge >= 0.3 is 5.63 Å². The molecule has 0 saturated heterocycles. The van der Waals surface area contributed by atoms with Crippen molar-refractivity contribution in [2.24, 2.45) is 10.2 Å². The van der Waals surface area contributed by atoms with Crippen LogP contribution in [0.25, 0.3) is 11.0 Å². The van der Waals surface area contributed by atoms with Crippen molar-refractivity contribution in [3.63, 3.8) is 0 Å². The lowest BCUT2D eigenvalue weighted by Gasteiger charge is -2.03. The molecule has 0 radical (unpaired) electrons. The number of rotatable bonds is 2. The molecule has 0 saturated carbocycles. The summed E-state index contributed by atoms with van der Waals surface area (Å²) in [7, 11) is 0. The quantitative estimate of drug-likeness (QED) is 0.518. The minimum Gasteiger partial charge on any atom is -0.508 e. The predicted octanol–water partition coefficient (Wildman–Crippen LogP) is 4.98. The van der Waals surface area contributed by atoms with Crippen LogP contribution in [0, 0.1) is 6.92 Å². The van der Waals surface area contributed by atoms with E-state index >= 15 is 0 Å². The Morgan fingerprint density at radius 2 is 1.82 bits per heavy atom. The van der Waals surface area contributed by atoms with Gasteiger partial charge in [0.15, 0.2) is 5.69 Å². The minimum absolute atomic E-state index is 0.0410. The molecule has 0 aliphatic rings. The molecule has 1 heterocycles. The highest BCUT2D eigenvalue weighted by Gasteiger charge is 2.11. The van der Waals surface area contributed by atoms with Crippen molar-refractivity contribution in [2.45, 2.75) is 6.92 Å². The second-order valence-electron chi connectivity index (χ2n) is 4.72. The fourth-order valence-corrected chi connectivity index (χ4v) is 2.33. The summed E-state index contributed by atoms with van der Waals surface area (Å²) in [5, 5.41) is 18.2. The molecule has 1 N–H and O–H groups in total. The number of nitrogens with zero attached hydrogens (tertiary/aromatic N) is 2. The van der Waals surface area contributed by atoms with Crippen LogP contribution in [-0.4, -0.2) is 5.11 Å². The third-order valence-electron chi connectivity index (χ3n) is 3.21. The Hall–Kier alpha value is -2.47. The van der Waals surface area contributed by atoms with Gasteiger partial charge in [0.25, 0.3) is 0 Å². The summed E-state index contributed by atoms with van der Waals surface area (Å²) in [5.41, 5.74) is 1.18. The maximum atomic E-state index is 12.0. The van der Waals surface area contributed by atoms with E-state index in [1.165, 1.54) is 12.1 Å². The monoisotopic (exact) mass is 358 g/mol. The first-order valence-corrected chi connectivity index (χ1v) is 7.27. The highest BCUT2D eigenvalue weighted by molar-refractivity contribution is 9.10. The molecule has 0 fully saturated rings. The van der Waals surface area contributed by atoms with Gasteiger partial charge in [-0.3, -0.25) is 0 Å². The summed E-state index contributed by atoms with van der Waals surface area (Å²) in [5.74, 6) is 0.0410. The molecule has 1 aromatic heterocycles. The van der Waals surface area contributed by atoms with E-state index in [1.807, 2.05) is 12.1 Å². The molecule has 22 heavy (non-hydrogen) atoms. The van der Waals surface area contributed by atoms with Crippen LogP contribution in [0.3, 0.4) is 0 Å². The van der Waals surface area contributed by atoms with Crippen LogP contribution >= 0.6 is 15.9 Å². The molecule has 2 aromatic carbocycles. The molecule has 6 heteroatoms. The SMILES string of the molecule is Cc1c(N=Nc2ccc(Br)cc2)c(=O)oc2cc(O)ccc12. The van der Waals surface area contributed by atoms with Crippen molar-refractivity contribution in [3.05, 3.63) is 62.9 Å². The van der Waals surface area contributed by atoms with Crippen molar-refractivity contribution in [1.82, 2.24) is 0 Å². The van der Waals surface area contributed by atoms with Gasteiger partial charge in [0, 0.05) is 15.9 Å². The van der Waals surface area contributed by atoms with Crippen molar-refractivity contribution in [3.8, 4) is 5.75 Å². The first-order valence-electron chi connectivity index (χ1n) is 6.48. The van der Waals surface area contributed by atoms with Gasteiger partial charge in [0.2, 0.25) is 0 Å². The van der Waals surface area contributed by atoms with Crippen molar-refractivity contribution >= 4 is 38.3 Å². The second kappa shape index (κ2) is 5.73. The Morgan fingerprint density at radius 3 is 2.55 bits per heavy atom. The van der Waals surface area contributed by atoms with E-state index in [2.05, 4.69) is 26.2 Å². The van der Waals surface area contributed by atoms with Gasteiger partial charge in [-0.15, -0.1) is 5.11 Å². The van der Waals surface area contributed by atoms with E-state index in [-0.39, 0.29) is 11.4 Å². The van der Waals surface area contributed by atoms with Gasteiger partial charge in [-0.2, -0.15) is 5.11 Å². The number of halogens is 1. The van der Waals surface area contributed by atoms with E-state index in [0.717, 1.165) is 4.47 Å². The molecule has 3 rings (SSSR count). The zero-order chi connectivity index (χ0) is 15.7. The first kappa shape index (κ1) is 14.5. The third-order valence-corrected chi connectivity index (χ3v) is 3.74. The fourth-order valence-electron chi connectivity index (χ4n) is 2.07. The number of aromatic hydroxyl groups is 1. The molecule has 0 bridgehead atoms. The summed E-state index contributed by atoms with van der Waals surface area (Å²) in [6.45, 7) is 1.77. The van der Waals surface area contributed by atoms with Crippen LogP contribution < -0.4 is 5.63 Å². The van der Waals surface area contributed by atoms with Crippen LogP contribution in [0.5, 0.6) is 5.75 Å². The van der Waals surface area contributed by atoms with Crippen LogP contribution in [0.4, 0.5) is 11.4 Å². The molecule has 0 aliphatic carbocycles. The van der Waals surface area contributed by atoms with Crippen LogP contribution in [0.2, 0.25) is 0 Å². The van der Waals surface area contributed by atoms with Gasteiger partial charge < -0.3 is 9.52 Å². The number of phenols is 1. The molecule has 0 amide bonds. The predicted molar refractivity (Wildman–Crippen MR) is 87.2 cm³/mol. The topological polar surface area (TPSA) is 75.2 Å². The molecular weight excluding hydrogens is 348 g/mol. The third kappa shape index (κ3) is 2.78. The molecule has 3 aromatic rings. The van der Waals surface area contributed by atoms with Crippen molar-refractivity contribution in [2.75, 3.05) is 0 Å². The Morgan fingerprint density at radius 1 is 1.09 bits per heavy atom. The number of benzene rings is 2. The highest BCUT2D eigenvalue weighted by Crippen LogP contribution is 2.28. The first-order chi connectivity index (χ1) is 10.5. The van der Waals surface area contributed by atoms with Gasteiger partial charge in [-0.1, -0.05) is 15.9 Å². The lowest BCUT2D eigenvalue weighted by molar-refractivity contribution is 0.473. The number of phenolic OH excluding ortho intramolecular Hbond substituents is 1. The average Bonchev–Trinajstić information content (AvgIpc) is 2.48. The smallest absolute Gasteiger partial charge is 0.364 e. The average molecular weight is 359 g/mol. The summed E-state index contributed by atoms with van der Waals surface area (Å²) in [6.07, 6.45) is 0. The summed E-state index contributed by atoms with van der Waals surface area (Å²) >= 11 is 3.34. The van der Waals surface area contributed by atoms with Crippen LogP contribution in [-0.2, 0) is 0 Å². The standard InChI is InChI=1S/C16H11BrN2O3/c1-9-13-7-6-12(20)8-14(13)22-16(21)15(9)19-18-11-4-2-10(17)3-5-11/h2-8,20H,1H3. The zero-order valence-corrected chi connectivity index (χ0v) is 13.2. The van der Waals surface area contributed by atoms with Crippen LogP contribution in [0.1, 0.15) is 5.56 Å². The highest BCUT2D eigenvalue weighted by atomic mass is 79.9. The van der Waals surface area contributed by atoms with Gasteiger partial charge in [-0.05, 0) is 48.9 Å². The van der Waals surface area contributed by atoms with E-state index in [4.69, 9.17) is 4.42 Å². The van der Waals surface area contributed by atoms with E-state index < -0.39 is 5.63 Å². The molecular formula is C16H11BrN2O3. The number of azo groups is 1. The van der Waals surface area contributed by atoms with Crippen molar-refractivity contribution in [1.29, 1.82) is 0 Å². The van der Waals surface area contributed by atoms with Gasteiger partial charge in [0.05, 0.1) is 5.69 Å². The lowest BCUT2D eigenvalue weighted by Crippen LogP contribution is -2.00. The molecule has 0 spiro atoms. The maximum absolute atomic E-state index is 12.0.